The number of carbonyl (C=O) groups excluding carboxylic acids is 2. The second kappa shape index (κ2) is 13.5. The van der Waals surface area contributed by atoms with Gasteiger partial charge in [-0.1, -0.05) is 72.9 Å². The van der Waals surface area contributed by atoms with Crippen molar-refractivity contribution in [1.29, 1.82) is 0 Å². The number of para-hydroxylation sites is 1. The number of nitrogens with zero attached hydrogens (tertiary/aromatic N) is 2. The van der Waals surface area contributed by atoms with Crippen LogP contribution in [0, 0.1) is 5.92 Å². The first-order chi connectivity index (χ1) is 18.4. The number of nitrogens with one attached hydrogen (secondary N) is 1. The summed E-state index contributed by atoms with van der Waals surface area (Å²) < 4.78 is 28.5. The predicted molar refractivity (Wildman–Crippen MR) is 157 cm³/mol. The molecule has 0 heterocycles. The Bertz CT molecular complexity index is 1400. The standard InChI is InChI=1S/C28H30Cl3N3O4S/c1-19(2)16-32-28(36)20(3)33(17-21-9-10-23(30)15-26(21)31)27(35)18-34(24-7-5-4-6-8-24)39(37,38)25-13-11-22(29)12-14-25/h4-15,19-20H,16-18H2,1-3H3,(H,32,36)/t20-/m1/s1. The largest absolute Gasteiger partial charge is 0.354 e. The number of amides is 2. The van der Waals surface area contributed by atoms with Crippen molar-refractivity contribution < 1.29 is 18.0 Å². The highest BCUT2D eigenvalue weighted by atomic mass is 35.5. The van der Waals surface area contributed by atoms with E-state index in [1.807, 2.05) is 13.8 Å². The van der Waals surface area contributed by atoms with Gasteiger partial charge in [0.05, 0.1) is 10.6 Å². The van der Waals surface area contributed by atoms with Crippen molar-refractivity contribution in [2.75, 3.05) is 17.4 Å². The summed E-state index contributed by atoms with van der Waals surface area (Å²) in [6.45, 7) is 5.35. The molecule has 0 saturated heterocycles. The first-order valence-corrected chi connectivity index (χ1v) is 14.8. The molecule has 0 bridgehead atoms. The molecule has 1 N–H and O–H groups in total. The average Bonchev–Trinajstić information content (AvgIpc) is 2.90. The van der Waals surface area contributed by atoms with E-state index in [-0.39, 0.29) is 23.3 Å². The number of benzene rings is 3. The molecule has 3 aromatic rings. The molecule has 3 rings (SSSR count). The quantitative estimate of drug-likeness (QED) is 0.287. The third-order valence-corrected chi connectivity index (χ3v) is 8.56. The van der Waals surface area contributed by atoms with Crippen LogP contribution in [0.3, 0.4) is 0 Å². The van der Waals surface area contributed by atoms with Gasteiger partial charge >= 0.3 is 0 Å². The van der Waals surface area contributed by atoms with E-state index < -0.39 is 28.5 Å². The summed E-state index contributed by atoms with van der Waals surface area (Å²) in [5.41, 5.74) is 0.854. The van der Waals surface area contributed by atoms with Gasteiger partial charge < -0.3 is 10.2 Å². The third kappa shape index (κ3) is 8.11. The summed E-state index contributed by atoms with van der Waals surface area (Å²) >= 11 is 18.4. The second-order valence-electron chi connectivity index (χ2n) is 9.37. The van der Waals surface area contributed by atoms with E-state index in [0.717, 1.165) is 4.31 Å². The van der Waals surface area contributed by atoms with Crippen LogP contribution in [-0.4, -0.2) is 44.3 Å². The van der Waals surface area contributed by atoms with E-state index in [4.69, 9.17) is 34.8 Å². The smallest absolute Gasteiger partial charge is 0.264 e. The van der Waals surface area contributed by atoms with E-state index in [2.05, 4.69) is 5.32 Å². The number of rotatable bonds is 11. The molecule has 0 aliphatic heterocycles. The molecule has 208 valence electrons. The summed E-state index contributed by atoms with van der Waals surface area (Å²) in [6, 6.07) is 17.9. The Morgan fingerprint density at radius 3 is 2.08 bits per heavy atom. The first kappa shape index (κ1) is 30.8. The Balaban J connectivity index is 2.01. The van der Waals surface area contributed by atoms with E-state index in [1.54, 1.807) is 55.5 Å². The molecule has 0 radical (unpaired) electrons. The van der Waals surface area contributed by atoms with Crippen molar-refractivity contribution in [3.63, 3.8) is 0 Å². The van der Waals surface area contributed by atoms with Gasteiger partial charge in [-0.3, -0.25) is 13.9 Å². The molecule has 0 saturated carbocycles. The minimum absolute atomic E-state index is 0.0291. The molecule has 1 atom stereocenters. The molecule has 39 heavy (non-hydrogen) atoms. The lowest BCUT2D eigenvalue weighted by molar-refractivity contribution is -0.139. The van der Waals surface area contributed by atoms with Crippen molar-refractivity contribution in [1.82, 2.24) is 10.2 Å². The number of hydrogen-bond acceptors (Lipinski definition) is 4. The SMILES string of the molecule is CC(C)CNC(=O)[C@@H](C)N(Cc1ccc(Cl)cc1Cl)C(=O)CN(c1ccccc1)S(=O)(=O)c1ccc(Cl)cc1. The van der Waals surface area contributed by atoms with Crippen molar-refractivity contribution in [3.05, 3.63) is 93.4 Å². The Morgan fingerprint density at radius 2 is 1.49 bits per heavy atom. The van der Waals surface area contributed by atoms with Gasteiger partial charge in [-0.05, 0) is 66.9 Å². The molecular weight excluding hydrogens is 581 g/mol. The van der Waals surface area contributed by atoms with Crippen LogP contribution in [0.25, 0.3) is 0 Å². The molecule has 0 fully saturated rings. The zero-order chi connectivity index (χ0) is 28.7. The van der Waals surface area contributed by atoms with Crippen LogP contribution in [0.2, 0.25) is 15.1 Å². The van der Waals surface area contributed by atoms with Gasteiger partial charge in [-0.15, -0.1) is 0 Å². The highest BCUT2D eigenvalue weighted by Gasteiger charge is 2.32. The fourth-order valence-electron chi connectivity index (χ4n) is 3.73. The average molecular weight is 611 g/mol. The Morgan fingerprint density at radius 1 is 0.872 bits per heavy atom. The summed E-state index contributed by atoms with van der Waals surface area (Å²) in [7, 11) is -4.17. The zero-order valence-electron chi connectivity index (χ0n) is 21.8. The summed E-state index contributed by atoms with van der Waals surface area (Å²) in [5.74, 6) is -0.752. The van der Waals surface area contributed by atoms with E-state index in [1.165, 1.54) is 29.2 Å². The Kier molecular flexibility index (Phi) is 10.7. The summed E-state index contributed by atoms with van der Waals surface area (Å²) in [5, 5.41) is 3.97. The molecule has 0 aliphatic carbocycles. The van der Waals surface area contributed by atoms with Crippen LogP contribution in [-0.2, 0) is 26.2 Å². The summed E-state index contributed by atoms with van der Waals surface area (Å²) in [6.07, 6.45) is 0. The second-order valence-corrected chi connectivity index (χ2v) is 12.5. The van der Waals surface area contributed by atoms with Crippen molar-refractivity contribution in [3.8, 4) is 0 Å². The van der Waals surface area contributed by atoms with Crippen LogP contribution < -0.4 is 9.62 Å². The molecule has 0 unspecified atom stereocenters. The number of anilines is 1. The molecule has 2 amide bonds. The van der Waals surface area contributed by atoms with E-state index in [9.17, 15) is 18.0 Å². The maximum Gasteiger partial charge on any atom is 0.264 e. The molecule has 3 aromatic carbocycles. The fourth-order valence-corrected chi connectivity index (χ4v) is 5.73. The van der Waals surface area contributed by atoms with Crippen LogP contribution in [0.5, 0.6) is 0 Å². The van der Waals surface area contributed by atoms with Crippen LogP contribution in [0.15, 0.2) is 77.7 Å². The van der Waals surface area contributed by atoms with Gasteiger partial charge in [0.15, 0.2) is 0 Å². The lowest BCUT2D eigenvalue weighted by atomic mass is 10.1. The van der Waals surface area contributed by atoms with Crippen LogP contribution in [0.4, 0.5) is 5.69 Å². The monoisotopic (exact) mass is 609 g/mol. The molecule has 11 heteroatoms. The van der Waals surface area contributed by atoms with Crippen molar-refractivity contribution >= 4 is 62.3 Å². The highest BCUT2D eigenvalue weighted by molar-refractivity contribution is 7.92. The van der Waals surface area contributed by atoms with E-state index >= 15 is 0 Å². The van der Waals surface area contributed by atoms with E-state index in [0.29, 0.717) is 32.9 Å². The maximum absolute atomic E-state index is 13.9. The molecule has 7 nitrogen and oxygen atoms in total. The number of sulfonamides is 1. The normalized spacial score (nSPS) is 12.2. The minimum atomic E-state index is -4.17. The number of halogens is 3. The lowest BCUT2D eigenvalue weighted by Crippen LogP contribution is -2.51. The third-order valence-electron chi connectivity index (χ3n) is 5.93. The predicted octanol–water partition coefficient (Wildman–Crippen LogP) is 6.03. The van der Waals surface area contributed by atoms with Crippen LogP contribution >= 0.6 is 34.8 Å². The number of carbonyl (C=O) groups is 2. The van der Waals surface area contributed by atoms with Gasteiger partial charge in [-0.25, -0.2) is 8.42 Å². The molecule has 0 spiro atoms. The Labute approximate surface area is 244 Å². The van der Waals surface area contributed by atoms with Crippen molar-refractivity contribution in [2.24, 2.45) is 5.92 Å². The minimum Gasteiger partial charge on any atom is -0.354 e. The first-order valence-electron chi connectivity index (χ1n) is 12.2. The zero-order valence-corrected chi connectivity index (χ0v) is 24.9. The highest BCUT2D eigenvalue weighted by Crippen LogP contribution is 2.27. The topological polar surface area (TPSA) is 86.8 Å². The van der Waals surface area contributed by atoms with Gasteiger partial charge in [0.2, 0.25) is 11.8 Å². The van der Waals surface area contributed by atoms with Gasteiger partial charge in [0.25, 0.3) is 10.0 Å². The lowest BCUT2D eigenvalue weighted by Gasteiger charge is -2.32. The number of hydrogen-bond donors (Lipinski definition) is 1. The fraction of sp³-hybridized carbons (Fsp3) is 0.286. The summed E-state index contributed by atoms with van der Waals surface area (Å²) in [4.78, 5) is 28.2. The van der Waals surface area contributed by atoms with Gasteiger partial charge in [0, 0.05) is 28.2 Å². The molecule has 0 aromatic heterocycles. The van der Waals surface area contributed by atoms with Crippen molar-refractivity contribution in [2.45, 2.75) is 38.3 Å². The van der Waals surface area contributed by atoms with Crippen LogP contribution in [0.1, 0.15) is 26.3 Å². The molecule has 0 aliphatic rings. The van der Waals surface area contributed by atoms with Gasteiger partial charge in [-0.2, -0.15) is 0 Å². The molecular formula is C28H30Cl3N3O4S. The maximum atomic E-state index is 13.9. The van der Waals surface area contributed by atoms with Gasteiger partial charge in [0.1, 0.15) is 12.6 Å². The Hall–Kier alpha value is -2.78.